The number of fused-ring (bicyclic) bond motifs is 4. The smallest absolute Gasteiger partial charge is 0.281 e. The van der Waals surface area contributed by atoms with E-state index in [1.165, 1.54) is 4.31 Å². The molecular weight excluding hydrogens is 338 g/mol. The predicted octanol–water partition coefficient (Wildman–Crippen LogP) is 1.27. The maximum Gasteiger partial charge on any atom is 0.281 e. The molecule has 4 rings (SSSR count). The minimum absolute atomic E-state index is 0.0224. The zero-order chi connectivity index (χ0) is 18.2. The van der Waals surface area contributed by atoms with E-state index < -0.39 is 10.2 Å². The van der Waals surface area contributed by atoms with Crippen molar-refractivity contribution >= 4 is 16.1 Å². The van der Waals surface area contributed by atoms with Crippen molar-refractivity contribution in [2.24, 2.45) is 5.92 Å². The lowest BCUT2D eigenvalue weighted by atomic mass is 9.94. The molecule has 0 radical (unpaired) electrons. The van der Waals surface area contributed by atoms with Crippen LogP contribution in [0.15, 0.2) is 24.3 Å². The molecular formula is C18H27N3O3S. The molecule has 0 aliphatic carbocycles. The van der Waals surface area contributed by atoms with E-state index >= 15 is 0 Å². The van der Waals surface area contributed by atoms with Crippen LogP contribution in [-0.2, 0) is 21.4 Å². The van der Waals surface area contributed by atoms with E-state index in [4.69, 9.17) is 0 Å². The van der Waals surface area contributed by atoms with Gasteiger partial charge >= 0.3 is 0 Å². The van der Waals surface area contributed by atoms with E-state index in [1.54, 1.807) is 18.4 Å². The molecule has 6 nitrogen and oxygen atoms in total. The summed E-state index contributed by atoms with van der Waals surface area (Å²) in [6.07, 6.45) is 2.24. The summed E-state index contributed by atoms with van der Waals surface area (Å²) >= 11 is 0. The van der Waals surface area contributed by atoms with Crippen LogP contribution in [-0.4, -0.2) is 67.6 Å². The van der Waals surface area contributed by atoms with Crippen LogP contribution < -0.4 is 0 Å². The molecule has 7 heteroatoms. The van der Waals surface area contributed by atoms with Gasteiger partial charge in [0.15, 0.2) is 0 Å². The van der Waals surface area contributed by atoms with Crippen molar-refractivity contribution in [2.45, 2.75) is 32.2 Å². The lowest BCUT2D eigenvalue weighted by Gasteiger charge is -2.36. The zero-order valence-corrected chi connectivity index (χ0v) is 16.0. The zero-order valence-electron chi connectivity index (χ0n) is 15.2. The Morgan fingerprint density at radius 3 is 2.64 bits per heavy atom. The van der Waals surface area contributed by atoms with E-state index in [1.807, 2.05) is 36.1 Å². The normalized spacial score (nSPS) is 24.6. The van der Waals surface area contributed by atoms with Crippen molar-refractivity contribution in [3.63, 3.8) is 0 Å². The average Bonchev–Trinajstić information content (AvgIpc) is 2.87. The number of piperidine rings is 1. The third-order valence-corrected chi connectivity index (χ3v) is 7.10. The highest BCUT2D eigenvalue weighted by Gasteiger charge is 2.41. The Morgan fingerprint density at radius 2 is 1.96 bits per heavy atom. The van der Waals surface area contributed by atoms with Gasteiger partial charge in [0.25, 0.3) is 10.2 Å². The van der Waals surface area contributed by atoms with Crippen molar-refractivity contribution in [2.75, 3.05) is 33.7 Å². The first-order valence-corrected chi connectivity index (χ1v) is 10.2. The monoisotopic (exact) mass is 365 g/mol. The van der Waals surface area contributed by atoms with Crippen molar-refractivity contribution in [3.05, 3.63) is 35.4 Å². The minimum atomic E-state index is -3.43. The number of aryl methyl sites for hydroxylation is 1. The summed E-state index contributed by atoms with van der Waals surface area (Å²) in [5, 5.41) is 0. The minimum Gasteiger partial charge on any atom is -0.338 e. The highest BCUT2D eigenvalue weighted by atomic mass is 32.2. The van der Waals surface area contributed by atoms with Gasteiger partial charge in [-0.2, -0.15) is 17.0 Å². The van der Waals surface area contributed by atoms with Crippen LogP contribution >= 0.6 is 0 Å². The van der Waals surface area contributed by atoms with Gasteiger partial charge < -0.3 is 4.90 Å². The Balaban J connectivity index is 1.75. The predicted molar refractivity (Wildman–Crippen MR) is 97.3 cm³/mol. The van der Waals surface area contributed by atoms with Crippen LogP contribution in [0.1, 0.15) is 24.0 Å². The largest absolute Gasteiger partial charge is 0.338 e. The van der Waals surface area contributed by atoms with Crippen molar-refractivity contribution in [3.8, 4) is 0 Å². The highest BCUT2D eigenvalue weighted by molar-refractivity contribution is 7.86. The molecule has 1 aromatic rings. The molecule has 3 aliphatic rings. The topological polar surface area (TPSA) is 60.9 Å². The van der Waals surface area contributed by atoms with Crippen molar-refractivity contribution in [1.82, 2.24) is 13.5 Å². The Morgan fingerprint density at radius 1 is 1.20 bits per heavy atom. The average molecular weight is 365 g/mol. The van der Waals surface area contributed by atoms with Crippen LogP contribution in [0.25, 0.3) is 0 Å². The van der Waals surface area contributed by atoms with Gasteiger partial charge in [-0.25, -0.2) is 0 Å². The van der Waals surface area contributed by atoms with Gasteiger partial charge in [-0.1, -0.05) is 29.8 Å². The number of amides is 1. The summed E-state index contributed by atoms with van der Waals surface area (Å²) in [7, 11) is -0.317. The van der Waals surface area contributed by atoms with Gasteiger partial charge in [0, 0.05) is 39.8 Å². The molecule has 2 atom stereocenters. The number of rotatable bonds is 4. The second-order valence-electron chi connectivity index (χ2n) is 7.42. The lowest BCUT2D eigenvalue weighted by molar-refractivity contribution is -0.134. The van der Waals surface area contributed by atoms with Gasteiger partial charge in [-0.3, -0.25) is 4.79 Å². The molecule has 1 aromatic carbocycles. The maximum absolute atomic E-state index is 12.9. The molecule has 0 aromatic heterocycles. The third-order valence-electron chi connectivity index (χ3n) is 5.23. The van der Waals surface area contributed by atoms with E-state index in [0.717, 1.165) is 24.0 Å². The van der Waals surface area contributed by atoms with Gasteiger partial charge in [-0.15, -0.1) is 0 Å². The number of hydrogen-bond acceptors (Lipinski definition) is 3. The number of hydrogen-bond donors (Lipinski definition) is 0. The molecule has 138 valence electrons. The van der Waals surface area contributed by atoms with E-state index in [0.29, 0.717) is 26.1 Å². The van der Waals surface area contributed by atoms with Crippen molar-refractivity contribution in [1.29, 1.82) is 0 Å². The van der Waals surface area contributed by atoms with Crippen molar-refractivity contribution < 1.29 is 13.2 Å². The maximum atomic E-state index is 12.9. The number of carbonyl (C=O) groups excluding carboxylic acids is 1. The number of carbonyl (C=O) groups is 1. The van der Waals surface area contributed by atoms with Crippen LogP contribution in [0.4, 0.5) is 0 Å². The molecule has 0 saturated carbocycles. The molecule has 3 fully saturated rings. The first kappa shape index (κ1) is 18.4. The molecule has 3 saturated heterocycles. The summed E-state index contributed by atoms with van der Waals surface area (Å²) < 4.78 is 27.8. The fraction of sp³-hybridized carbons (Fsp3) is 0.611. The summed E-state index contributed by atoms with van der Waals surface area (Å²) in [6, 6.07) is 7.98. The summed E-state index contributed by atoms with van der Waals surface area (Å²) in [6.45, 7) is 3.59. The molecule has 25 heavy (non-hydrogen) atoms. The number of benzene rings is 1. The van der Waals surface area contributed by atoms with E-state index in [2.05, 4.69) is 0 Å². The van der Waals surface area contributed by atoms with Gasteiger partial charge in [0.2, 0.25) is 5.91 Å². The van der Waals surface area contributed by atoms with Crippen LogP contribution in [0.2, 0.25) is 0 Å². The van der Waals surface area contributed by atoms with Gasteiger partial charge in [-0.05, 0) is 31.2 Å². The quantitative estimate of drug-likeness (QED) is 0.807. The third kappa shape index (κ3) is 3.88. The van der Waals surface area contributed by atoms with Crippen LogP contribution in [0.3, 0.4) is 0 Å². The second kappa shape index (κ2) is 7.05. The SMILES string of the molecule is Cc1cccc(CC(=O)N2C[C@H]3CC[C@@H]2CN(S(=O)(=O)N(C)C)C3)c1. The first-order valence-electron chi connectivity index (χ1n) is 8.80. The molecule has 3 aliphatic heterocycles. The molecule has 2 bridgehead atoms. The highest BCUT2D eigenvalue weighted by Crippen LogP contribution is 2.30. The van der Waals surface area contributed by atoms with Crippen LogP contribution in [0.5, 0.6) is 0 Å². The fourth-order valence-electron chi connectivity index (χ4n) is 3.86. The lowest BCUT2D eigenvalue weighted by Crippen LogP contribution is -2.49. The number of nitrogens with zero attached hydrogens (tertiary/aromatic N) is 3. The van der Waals surface area contributed by atoms with E-state index in [9.17, 15) is 13.2 Å². The summed E-state index contributed by atoms with van der Waals surface area (Å²) in [5.74, 6) is 0.319. The molecule has 1 amide bonds. The van der Waals surface area contributed by atoms with Gasteiger partial charge in [0.1, 0.15) is 0 Å². The Labute approximate surface area is 150 Å². The van der Waals surface area contributed by atoms with Gasteiger partial charge in [0.05, 0.1) is 6.42 Å². The standard InChI is InChI=1S/C18H27N3O3S/c1-14-5-4-6-15(9-14)10-18(22)21-12-16-7-8-17(21)13-20(11-16)25(23,24)19(2)3/h4-6,9,16-17H,7-8,10-13H2,1-3H3/t16-,17+/m0/s1. The fourth-order valence-corrected chi connectivity index (χ4v) is 5.08. The first-order chi connectivity index (χ1) is 11.8. The summed E-state index contributed by atoms with van der Waals surface area (Å²) in [4.78, 5) is 14.8. The molecule has 0 unspecified atom stereocenters. The Hall–Kier alpha value is -1.44. The molecule has 0 N–H and O–H groups in total. The Bertz CT molecular complexity index is 748. The second-order valence-corrected chi connectivity index (χ2v) is 9.56. The Kier molecular flexibility index (Phi) is 5.18. The summed E-state index contributed by atoms with van der Waals surface area (Å²) in [5.41, 5.74) is 2.16. The molecule has 3 heterocycles. The molecule has 0 spiro atoms. The van der Waals surface area contributed by atoms with Crippen LogP contribution in [0, 0.1) is 12.8 Å². The van der Waals surface area contributed by atoms with E-state index in [-0.39, 0.29) is 17.9 Å².